The van der Waals surface area contributed by atoms with Crippen LogP contribution >= 0.6 is 11.3 Å². The maximum Gasteiger partial charge on any atom is 0.353 e. The number of aryl methyl sites for hydroxylation is 1. The molecule has 0 aliphatic rings. The van der Waals surface area contributed by atoms with Gasteiger partial charge in [0.2, 0.25) is 11.6 Å². The summed E-state index contributed by atoms with van der Waals surface area (Å²) in [5, 5.41) is 17.7. The second kappa shape index (κ2) is 7.16. The molecule has 0 aliphatic carbocycles. The number of nitro groups is 1. The van der Waals surface area contributed by atoms with Crippen LogP contribution < -0.4 is 10.6 Å². The molecule has 4 rings (SSSR count). The van der Waals surface area contributed by atoms with Crippen LogP contribution in [0.2, 0.25) is 0 Å². The summed E-state index contributed by atoms with van der Waals surface area (Å²) in [5.41, 5.74) is 1.49. The number of thiazole rings is 1. The molecule has 0 radical (unpaired) electrons. The van der Waals surface area contributed by atoms with Crippen LogP contribution in [0.25, 0.3) is 10.2 Å². The topological polar surface area (TPSA) is 106 Å². The number of para-hydroxylation sites is 2. The second-order valence-corrected chi connectivity index (χ2v) is 6.88. The number of anilines is 4. The predicted octanol–water partition coefficient (Wildman–Crippen LogP) is 4.93. The highest BCUT2D eigenvalue weighted by Crippen LogP contribution is 2.36. The van der Waals surface area contributed by atoms with E-state index < -0.39 is 16.4 Å². The number of nitrogens with zero attached hydrogens (tertiary/aromatic N) is 4. The minimum Gasteiger partial charge on any atom is -0.332 e. The van der Waals surface area contributed by atoms with Crippen molar-refractivity contribution in [2.45, 2.75) is 6.92 Å². The molecule has 0 amide bonds. The Morgan fingerprint density at radius 2 is 1.82 bits per heavy atom. The number of benzene rings is 2. The Bertz CT molecular complexity index is 1200. The van der Waals surface area contributed by atoms with Crippen LogP contribution in [0.1, 0.15) is 5.56 Å². The third-order valence-electron chi connectivity index (χ3n) is 3.98. The standard InChI is InChI=1S/C18H13FN6O2S/c1-10-5-4-8-13-14(10)23-18(28-13)24-17-15(25(26)27)16(20-9-21-17)22-12-7-3-2-6-11(12)19/h2-9H,1H3,(H2,20,21,22,23,24). The number of rotatable bonds is 5. The van der Waals surface area contributed by atoms with Crippen LogP contribution in [-0.2, 0) is 0 Å². The Kier molecular flexibility index (Phi) is 4.53. The van der Waals surface area contributed by atoms with Crippen molar-refractivity contribution in [3.8, 4) is 0 Å². The molecular formula is C18H13FN6O2S. The van der Waals surface area contributed by atoms with Crippen molar-refractivity contribution < 1.29 is 9.31 Å². The quantitative estimate of drug-likeness (QED) is 0.364. The average molecular weight is 396 g/mol. The van der Waals surface area contributed by atoms with Gasteiger partial charge in [-0.1, -0.05) is 35.6 Å². The van der Waals surface area contributed by atoms with Crippen molar-refractivity contribution in [2.24, 2.45) is 0 Å². The first kappa shape index (κ1) is 17.7. The highest BCUT2D eigenvalue weighted by Gasteiger charge is 2.24. The van der Waals surface area contributed by atoms with Gasteiger partial charge in [-0.25, -0.2) is 19.3 Å². The minimum atomic E-state index is -0.621. The van der Waals surface area contributed by atoms with Crippen molar-refractivity contribution in [2.75, 3.05) is 10.6 Å². The molecule has 10 heteroatoms. The predicted molar refractivity (Wildman–Crippen MR) is 106 cm³/mol. The largest absolute Gasteiger partial charge is 0.353 e. The zero-order valence-corrected chi connectivity index (χ0v) is 15.3. The third-order valence-corrected chi connectivity index (χ3v) is 4.91. The van der Waals surface area contributed by atoms with Crippen LogP contribution in [0, 0.1) is 22.9 Å². The van der Waals surface area contributed by atoms with Gasteiger partial charge in [-0.05, 0) is 30.7 Å². The lowest BCUT2D eigenvalue weighted by Crippen LogP contribution is -2.06. The maximum absolute atomic E-state index is 13.9. The SMILES string of the molecule is Cc1cccc2sc(Nc3ncnc(Nc4ccccc4F)c3[N+](=O)[O-])nc12. The summed E-state index contributed by atoms with van der Waals surface area (Å²) in [6, 6.07) is 11.6. The number of hydrogen-bond acceptors (Lipinski definition) is 8. The Labute approximate surface area is 162 Å². The Hall–Kier alpha value is -3.66. The molecular weight excluding hydrogens is 383 g/mol. The summed E-state index contributed by atoms with van der Waals surface area (Å²) in [7, 11) is 0. The first-order valence-corrected chi connectivity index (χ1v) is 8.98. The van der Waals surface area contributed by atoms with Gasteiger partial charge in [0.25, 0.3) is 0 Å². The lowest BCUT2D eigenvalue weighted by Gasteiger charge is -2.09. The Morgan fingerprint density at radius 3 is 2.54 bits per heavy atom. The molecule has 4 aromatic rings. The number of nitrogens with one attached hydrogen (secondary N) is 2. The van der Waals surface area contributed by atoms with Gasteiger partial charge in [0.05, 0.1) is 20.8 Å². The molecule has 0 aliphatic heterocycles. The molecule has 0 saturated heterocycles. The normalized spacial score (nSPS) is 10.8. The zero-order valence-electron chi connectivity index (χ0n) is 14.5. The summed E-state index contributed by atoms with van der Waals surface area (Å²) >= 11 is 1.35. The molecule has 0 fully saturated rings. The van der Waals surface area contributed by atoms with Crippen LogP contribution in [0.5, 0.6) is 0 Å². The van der Waals surface area contributed by atoms with Crippen LogP contribution in [0.4, 0.5) is 32.5 Å². The third kappa shape index (κ3) is 3.32. The summed E-state index contributed by atoms with van der Waals surface area (Å²) in [5.74, 6) is -0.702. The first-order valence-electron chi connectivity index (χ1n) is 8.17. The molecule has 8 nitrogen and oxygen atoms in total. The van der Waals surface area contributed by atoms with Gasteiger partial charge in [-0.2, -0.15) is 0 Å². The number of halogens is 1. The highest BCUT2D eigenvalue weighted by atomic mass is 32.1. The van der Waals surface area contributed by atoms with E-state index in [0.717, 1.165) is 22.1 Å². The van der Waals surface area contributed by atoms with Crippen LogP contribution in [0.15, 0.2) is 48.8 Å². The summed E-state index contributed by atoms with van der Waals surface area (Å²) in [6.07, 6.45) is 1.16. The number of hydrogen-bond donors (Lipinski definition) is 2. The lowest BCUT2D eigenvalue weighted by molar-refractivity contribution is -0.383. The van der Waals surface area contributed by atoms with Crippen molar-refractivity contribution in [3.05, 3.63) is 70.3 Å². The summed E-state index contributed by atoms with van der Waals surface area (Å²) in [6.45, 7) is 1.94. The minimum absolute atomic E-state index is 0.0319. The molecule has 0 saturated carbocycles. The van der Waals surface area contributed by atoms with Gasteiger partial charge in [-0.3, -0.25) is 10.1 Å². The Balaban J connectivity index is 1.73. The number of aromatic nitrogens is 3. The molecule has 2 aromatic carbocycles. The van der Waals surface area contributed by atoms with Gasteiger partial charge in [0.1, 0.15) is 12.1 Å². The first-order chi connectivity index (χ1) is 13.5. The van der Waals surface area contributed by atoms with Crippen molar-refractivity contribution in [1.29, 1.82) is 0 Å². The van der Waals surface area contributed by atoms with E-state index in [9.17, 15) is 14.5 Å². The van der Waals surface area contributed by atoms with E-state index in [1.165, 1.54) is 29.5 Å². The fraction of sp³-hybridized carbons (Fsp3) is 0.0556. The van der Waals surface area contributed by atoms with Gasteiger partial charge in [0, 0.05) is 0 Å². The van der Waals surface area contributed by atoms with Crippen LogP contribution in [0.3, 0.4) is 0 Å². The van der Waals surface area contributed by atoms with E-state index in [0.29, 0.717) is 5.13 Å². The molecule has 0 atom stereocenters. The smallest absolute Gasteiger partial charge is 0.332 e. The van der Waals surface area contributed by atoms with Gasteiger partial charge >= 0.3 is 5.69 Å². The molecule has 2 heterocycles. The maximum atomic E-state index is 13.9. The van der Waals surface area contributed by atoms with Crippen molar-refractivity contribution in [1.82, 2.24) is 15.0 Å². The molecule has 28 heavy (non-hydrogen) atoms. The second-order valence-electron chi connectivity index (χ2n) is 5.85. The summed E-state index contributed by atoms with van der Waals surface area (Å²) in [4.78, 5) is 23.4. The van der Waals surface area contributed by atoms with Gasteiger partial charge in [-0.15, -0.1) is 0 Å². The fourth-order valence-electron chi connectivity index (χ4n) is 2.67. The molecule has 2 N–H and O–H groups in total. The molecule has 2 aromatic heterocycles. The van der Waals surface area contributed by atoms with Crippen molar-refractivity contribution >= 4 is 49.7 Å². The van der Waals surface area contributed by atoms with E-state index in [-0.39, 0.29) is 17.3 Å². The lowest BCUT2D eigenvalue weighted by atomic mass is 10.2. The van der Waals surface area contributed by atoms with E-state index in [1.54, 1.807) is 6.07 Å². The number of fused-ring (bicyclic) bond motifs is 1. The molecule has 0 spiro atoms. The van der Waals surface area contributed by atoms with E-state index in [2.05, 4.69) is 25.6 Å². The van der Waals surface area contributed by atoms with Crippen molar-refractivity contribution in [3.63, 3.8) is 0 Å². The Morgan fingerprint density at radius 1 is 1.07 bits per heavy atom. The van der Waals surface area contributed by atoms with E-state index >= 15 is 0 Å². The van der Waals surface area contributed by atoms with Gasteiger partial charge < -0.3 is 10.6 Å². The monoisotopic (exact) mass is 396 g/mol. The van der Waals surface area contributed by atoms with E-state index in [4.69, 9.17) is 0 Å². The molecule has 0 unspecified atom stereocenters. The summed E-state index contributed by atoms with van der Waals surface area (Å²) < 4.78 is 14.9. The van der Waals surface area contributed by atoms with E-state index in [1.807, 2.05) is 25.1 Å². The van der Waals surface area contributed by atoms with Gasteiger partial charge in [0.15, 0.2) is 5.13 Å². The fourth-order valence-corrected chi connectivity index (χ4v) is 3.61. The molecule has 140 valence electrons. The molecule has 0 bridgehead atoms. The highest BCUT2D eigenvalue weighted by molar-refractivity contribution is 7.22. The zero-order chi connectivity index (χ0) is 19.7. The van der Waals surface area contributed by atoms with Crippen LogP contribution in [-0.4, -0.2) is 19.9 Å². The average Bonchev–Trinajstić information content (AvgIpc) is 3.07.